The molecule has 6 heteroatoms. The SMILES string of the molecule is Cc1cc(=O)oc2cc(OCC(=O)N(C)Cc3ccc([C@@H]4C[C@H]4C)o3)ccc12. The van der Waals surface area contributed by atoms with Crippen molar-refractivity contribution >= 4 is 16.9 Å². The van der Waals surface area contributed by atoms with E-state index in [1.165, 1.54) is 12.5 Å². The first-order valence-electron chi connectivity index (χ1n) is 9.40. The maximum atomic E-state index is 12.4. The van der Waals surface area contributed by atoms with E-state index in [-0.39, 0.29) is 12.5 Å². The van der Waals surface area contributed by atoms with Crippen LogP contribution >= 0.6 is 0 Å². The first-order valence-corrected chi connectivity index (χ1v) is 9.40. The molecule has 146 valence electrons. The monoisotopic (exact) mass is 381 g/mol. The van der Waals surface area contributed by atoms with Crippen molar-refractivity contribution in [1.82, 2.24) is 4.90 Å². The number of carbonyl (C=O) groups excluding carboxylic acids is 1. The molecule has 3 aromatic rings. The zero-order valence-corrected chi connectivity index (χ0v) is 16.2. The van der Waals surface area contributed by atoms with Crippen LogP contribution < -0.4 is 10.4 Å². The van der Waals surface area contributed by atoms with Crippen LogP contribution in [0.1, 0.15) is 36.3 Å². The lowest BCUT2D eigenvalue weighted by Gasteiger charge is -2.16. The summed E-state index contributed by atoms with van der Waals surface area (Å²) in [5.41, 5.74) is 0.879. The Bertz CT molecular complexity index is 1080. The molecule has 0 radical (unpaired) electrons. The molecular formula is C22H23NO5. The molecule has 2 aromatic heterocycles. The highest BCUT2D eigenvalue weighted by Gasteiger charge is 2.36. The average Bonchev–Trinajstić information content (AvgIpc) is 3.20. The van der Waals surface area contributed by atoms with Crippen LogP contribution in [0, 0.1) is 12.8 Å². The maximum Gasteiger partial charge on any atom is 0.336 e. The van der Waals surface area contributed by atoms with Crippen molar-refractivity contribution in [2.45, 2.75) is 32.7 Å². The highest BCUT2D eigenvalue weighted by atomic mass is 16.5. The van der Waals surface area contributed by atoms with E-state index in [4.69, 9.17) is 13.6 Å². The largest absolute Gasteiger partial charge is 0.484 e. The summed E-state index contributed by atoms with van der Waals surface area (Å²) in [5, 5.41) is 0.842. The molecule has 4 rings (SSSR count). The Hall–Kier alpha value is -3.02. The number of benzene rings is 1. The second-order valence-corrected chi connectivity index (χ2v) is 7.57. The molecule has 2 atom stereocenters. The summed E-state index contributed by atoms with van der Waals surface area (Å²) in [6, 6.07) is 10.6. The van der Waals surface area contributed by atoms with Gasteiger partial charge in [0.1, 0.15) is 22.9 Å². The van der Waals surface area contributed by atoms with Gasteiger partial charge >= 0.3 is 5.63 Å². The summed E-state index contributed by atoms with van der Waals surface area (Å²) in [4.78, 5) is 25.5. The summed E-state index contributed by atoms with van der Waals surface area (Å²) >= 11 is 0. The summed E-state index contributed by atoms with van der Waals surface area (Å²) in [6.07, 6.45) is 1.17. The van der Waals surface area contributed by atoms with Gasteiger partial charge in [0.05, 0.1) is 6.54 Å². The third-order valence-corrected chi connectivity index (χ3v) is 5.26. The van der Waals surface area contributed by atoms with Gasteiger partial charge in [0.15, 0.2) is 6.61 Å². The molecule has 1 aliphatic rings. The van der Waals surface area contributed by atoms with Crippen molar-refractivity contribution in [1.29, 1.82) is 0 Å². The minimum absolute atomic E-state index is 0.106. The minimum atomic E-state index is -0.406. The lowest BCUT2D eigenvalue weighted by atomic mass is 10.1. The Morgan fingerprint density at radius 3 is 2.75 bits per heavy atom. The number of furan rings is 1. The van der Waals surface area contributed by atoms with Gasteiger partial charge in [-0.15, -0.1) is 0 Å². The second kappa shape index (κ2) is 7.19. The first-order chi connectivity index (χ1) is 13.4. The van der Waals surface area contributed by atoms with Crippen molar-refractivity contribution in [2.24, 2.45) is 5.92 Å². The standard InChI is InChI=1S/C22H23NO5/c1-13-8-18(13)19-7-5-16(27-19)11-23(3)21(24)12-26-15-4-6-17-14(2)9-22(25)28-20(17)10-15/h4-7,9-10,13,18H,8,11-12H2,1-3H3/t13-,18-/m1/s1. The zero-order chi connectivity index (χ0) is 19.8. The highest BCUT2D eigenvalue weighted by molar-refractivity contribution is 5.81. The van der Waals surface area contributed by atoms with E-state index in [0.717, 1.165) is 22.5 Å². The number of rotatable bonds is 6. The van der Waals surface area contributed by atoms with E-state index in [9.17, 15) is 9.59 Å². The van der Waals surface area contributed by atoms with E-state index in [1.54, 1.807) is 24.1 Å². The van der Waals surface area contributed by atoms with E-state index in [0.29, 0.717) is 29.7 Å². The molecule has 1 aliphatic carbocycles. The molecule has 6 nitrogen and oxygen atoms in total. The molecule has 0 spiro atoms. The molecule has 0 aliphatic heterocycles. The van der Waals surface area contributed by atoms with Crippen molar-refractivity contribution in [3.05, 3.63) is 63.9 Å². The number of ether oxygens (including phenoxy) is 1. The predicted octanol–water partition coefficient (Wildman–Crippen LogP) is 3.86. The molecule has 1 saturated carbocycles. The quantitative estimate of drug-likeness (QED) is 0.606. The van der Waals surface area contributed by atoms with Gasteiger partial charge < -0.3 is 18.5 Å². The van der Waals surface area contributed by atoms with Gasteiger partial charge in [-0.1, -0.05) is 6.92 Å². The van der Waals surface area contributed by atoms with Crippen molar-refractivity contribution in [3.8, 4) is 5.75 Å². The Morgan fingerprint density at radius 1 is 1.21 bits per heavy atom. The number of hydrogen-bond acceptors (Lipinski definition) is 5. The van der Waals surface area contributed by atoms with Gasteiger partial charge in [0.25, 0.3) is 5.91 Å². The van der Waals surface area contributed by atoms with E-state index in [2.05, 4.69) is 6.92 Å². The van der Waals surface area contributed by atoms with Crippen molar-refractivity contribution in [2.75, 3.05) is 13.7 Å². The van der Waals surface area contributed by atoms with Gasteiger partial charge in [-0.25, -0.2) is 4.79 Å². The molecule has 0 N–H and O–H groups in total. The number of nitrogens with zero attached hydrogens (tertiary/aromatic N) is 1. The van der Waals surface area contributed by atoms with Gasteiger partial charge in [-0.3, -0.25) is 4.79 Å². The van der Waals surface area contributed by atoms with Crippen LogP contribution in [0.5, 0.6) is 5.75 Å². The molecule has 0 bridgehead atoms. The van der Waals surface area contributed by atoms with E-state index >= 15 is 0 Å². The number of likely N-dealkylation sites (N-methyl/N-ethyl adjacent to an activating group) is 1. The number of aryl methyl sites for hydroxylation is 1. The lowest BCUT2D eigenvalue weighted by molar-refractivity contribution is -0.132. The summed E-state index contributed by atoms with van der Waals surface area (Å²) in [7, 11) is 1.72. The van der Waals surface area contributed by atoms with E-state index < -0.39 is 5.63 Å². The van der Waals surface area contributed by atoms with Crippen LogP contribution in [-0.4, -0.2) is 24.5 Å². The normalized spacial score (nSPS) is 18.2. The average molecular weight is 381 g/mol. The summed E-state index contributed by atoms with van der Waals surface area (Å²) in [6.45, 7) is 4.35. The maximum absolute atomic E-state index is 12.4. The van der Waals surface area contributed by atoms with Crippen LogP contribution in [0.15, 0.2) is 50.0 Å². The van der Waals surface area contributed by atoms with Crippen LogP contribution in [0.2, 0.25) is 0 Å². The minimum Gasteiger partial charge on any atom is -0.484 e. The third kappa shape index (κ3) is 3.81. The van der Waals surface area contributed by atoms with Crippen LogP contribution in [-0.2, 0) is 11.3 Å². The summed E-state index contributed by atoms with van der Waals surface area (Å²) in [5.74, 6) is 3.30. The Kier molecular flexibility index (Phi) is 4.71. The third-order valence-electron chi connectivity index (χ3n) is 5.26. The van der Waals surface area contributed by atoms with Gasteiger partial charge in [-0.2, -0.15) is 0 Å². The topological polar surface area (TPSA) is 72.9 Å². The fourth-order valence-corrected chi connectivity index (χ4v) is 3.37. The molecule has 2 heterocycles. The van der Waals surface area contributed by atoms with Crippen molar-refractivity contribution < 1.29 is 18.4 Å². The second-order valence-electron chi connectivity index (χ2n) is 7.57. The van der Waals surface area contributed by atoms with Gasteiger partial charge in [-0.05, 0) is 49.1 Å². The van der Waals surface area contributed by atoms with Crippen LogP contribution in [0.25, 0.3) is 11.0 Å². The number of hydrogen-bond donors (Lipinski definition) is 0. The molecule has 28 heavy (non-hydrogen) atoms. The van der Waals surface area contributed by atoms with Crippen molar-refractivity contribution in [3.63, 3.8) is 0 Å². The Labute approximate surface area is 162 Å². The predicted molar refractivity (Wildman–Crippen MR) is 104 cm³/mol. The van der Waals surface area contributed by atoms with Gasteiger partial charge in [0, 0.05) is 30.5 Å². The zero-order valence-electron chi connectivity index (χ0n) is 16.2. The first kappa shape index (κ1) is 18.3. The molecule has 1 aromatic carbocycles. The van der Waals surface area contributed by atoms with Gasteiger partial charge in [0.2, 0.25) is 0 Å². The molecule has 1 amide bonds. The Balaban J connectivity index is 1.36. The molecule has 0 unspecified atom stereocenters. The number of fused-ring (bicyclic) bond motifs is 1. The molecule has 1 fully saturated rings. The number of carbonyl (C=O) groups is 1. The summed E-state index contributed by atoms with van der Waals surface area (Å²) < 4.78 is 16.7. The number of amides is 1. The Morgan fingerprint density at radius 2 is 2.00 bits per heavy atom. The van der Waals surface area contributed by atoms with Crippen LogP contribution in [0.4, 0.5) is 0 Å². The van der Waals surface area contributed by atoms with Crippen LogP contribution in [0.3, 0.4) is 0 Å². The smallest absolute Gasteiger partial charge is 0.336 e. The fourth-order valence-electron chi connectivity index (χ4n) is 3.37. The fraction of sp³-hybridized carbons (Fsp3) is 0.364. The molecular weight excluding hydrogens is 358 g/mol. The lowest BCUT2D eigenvalue weighted by Crippen LogP contribution is -2.30. The molecule has 0 saturated heterocycles. The van der Waals surface area contributed by atoms with E-state index in [1.807, 2.05) is 25.1 Å². The highest BCUT2D eigenvalue weighted by Crippen LogP contribution is 2.47.